The molecule has 2 heterocycles. The number of aromatic nitrogens is 5. The van der Waals surface area contributed by atoms with Crippen molar-refractivity contribution in [3.8, 4) is 11.4 Å². The predicted molar refractivity (Wildman–Crippen MR) is 126 cm³/mol. The zero-order valence-electron chi connectivity index (χ0n) is 19.5. The molecule has 0 aliphatic carbocycles. The van der Waals surface area contributed by atoms with Gasteiger partial charge >= 0.3 is 6.18 Å². The monoisotopic (exact) mass is 504 g/mol. The quantitative estimate of drug-likeness (QED) is 0.239. The molecule has 0 aliphatic heterocycles. The van der Waals surface area contributed by atoms with E-state index in [1.165, 1.54) is 0 Å². The fourth-order valence-corrected chi connectivity index (χ4v) is 3.73. The molecule has 4 aromatic rings. The number of aliphatic hydroxyl groups is 1. The average molecular weight is 505 g/mol. The Labute approximate surface area is 205 Å². The third-order valence-corrected chi connectivity index (χ3v) is 5.49. The number of halogens is 3. The molecule has 36 heavy (non-hydrogen) atoms. The fraction of sp³-hybridized carbons (Fsp3) is 0.375. The van der Waals surface area contributed by atoms with E-state index in [4.69, 9.17) is 9.47 Å². The van der Waals surface area contributed by atoms with E-state index in [1.54, 1.807) is 29.5 Å². The Morgan fingerprint density at radius 1 is 0.972 bits per heavy atom. The number of aliphatic hydroxyl groups excluding tert-OH is 1. The normalized spacial score (nSPS) is 11.9. The lowest BCUT2D eigenvalue weighted by molar-refractivity contribution is -0.137. The topological polar surface area (TPSA) is 110 Å². The maximum Gasteiger partial charge on any atom is 0.416 e. The van der Waals surface area contributed by atoms with E-state index in [9.17, 15) is 18.3 Å². The molecule has 0 bridgehead atoms. The van der Waals surface area contributed by atoms with Crippen LogP contribution in [0.15, 0.2) is 49.2 Å². The molecule has 2 aromatic heterocycles. The fourth-order valence-electron chi connectivity index (χ4n) is 3.73. The summed E-state index contributed by atoms with van der Waals surface area (Å²) >= 11 is 0. The van der Waals surface area contributed by atoms with E-state index in [0.717, 1.165) is 41.6 Å². The summed E-state index contributed by atoms with van der Waals surface area (Å²) in [6, 6.07) is 7.47. The van der Waals surface area contributed by atoms with Gasteiger partial charge in [0.15, 0.2) is 0 Å². The first-order valence-corrected chi connectivity index (χ1v) is 11.5. The molecule has 12 heteroatoms. The lowest BCUT2D eigenvalue weighted by Gasteiger charge is -2.12. The number of H-pyrrole nitrogens is 1. The lowest BCUT2D eigenvalue weighted by atomic mass is 10.1. The van der Waals surface area contributed by atoms with Gasteiger partial charge in [0.05, 0.1) is 41.6 Å². The highest BCUT2D eigenvalue weighted by Crippen LogP contribution is 2.31. The van der Waals surface area contributed by atoms with E-state index in [1.807, 2.05) is 12.1 Å². The molecule has 0 saturated carbocycles. The highest BCUT2D eigenvalue weighted by atomic mass is 19.4. The van der Waals surface area contributed by atoms with Crippen LogP contribution in [-0.4, -0.2) is 56.4 Å². The van der Waals surface area contributed by atoms with E-state index in [2.05, 4.69) is 25.7 Å². The second-order valence-electron chi connectivity index (χ2n) is 8.18. The van der Waals surface area contributed by atoms with Crippen LogP contribution in [0.25, 0.3) is 16.6 Å². The molecule has 3 N–H and O–H groups in total. The molecule has 2 aromatic carbocycles. The number of ether oxygens (including phenoxy) is 2. The standard InChI is InChI=1S/C24H27F3N6O3/c25-24(26,27)19-8-17(7-18(9-19)14-34)12-28-3-1-2-4-35-5-6-36-23-11-20(33-15-30-31-16-33)10-22-21(23)13-29-32-22/h7-11,13,15-16,28,34H,1-6,12,14H2,(H,29,32). The summed E-state index contributed by atoms with van der Waals surface area (Å²) in [5, 5.41) is 27.9. The Hall–Kier alpha value is -3.48. The summed E-state index contributed by atoms with van der Waals surface area (Å²) in [6.07, 6.45) is 2.08. The number of rotatable bonds is 13. The molecule has 0 aliphatic rings. The lowest BCUT2D eigenvalue weighted by Crippen LogP contribution is -2.17. The highest BCUT2D eigenvalue weighted by Gasteiger charge is 2.31. The van der Waals surface area contributed by atoms with E-state index in [-0.39, 0.29) is 5.56 Å². The first kappa shape index (κ1) is 25.6. The van der Waals surface area contributed by atoms with Gasteiger partial charge in [0.2, 0.25) is 0 Å². The van der Waals surface area contributed by atoms with Crippen molar-refractivity contribution in [2.75, 3.05) is 26.4 Å². The average Bonchev–Trinajstić information content (AvgIpc) is 3.56. The summed E-state index contributed by atoms with van der Waals surface area (Å²) in [7, 11) is 0. The minimum Gasteiger partial charge on any atom is -0.490 e. The van der Waals surface area contributed by atoms with Crippen LogP contribution in [0.2, 0.25) is 0 Å². The number of nitrogens with zero attached hydrogens (tertiary/aromatic N) is 4. The number of hydrogen-bond acceptors (Lipinski definition) is 7. The Balaban J connectivity index is 1.13. The van der Waals surface area contributed by atoms with Crippen LogP contribution in [-0.2, 0) is 24.1 Å². The van der Waals surface area contributed by atoms with Gasteiger partial charge in [0.25, 0.3) is 0 Å². The Kier molecular flexibility index (Phi) is 8.52. The van der Waals surface area contributed by atoms with Gasteiger partial charge < -0.3 is 19.9 Å². The first-order valence-electron chi connectivity index (χ1n) is 11.5. The second-order valence-corrected chi connectivity index (χ2v) is 8.18. The summed E-state index contributed by atoms with van der Waals surface area (Å²) in [5.74, 6) is 0.677. The first-order chi connectivity index (χ1) is 17.4. The predicted octanol–water partition coefficient (Wildman–Crippen LogP) is 3.62. The molecule has 4 rings (SSSR count). The van der Waals surface area contributed by atoms with Crippen molar-refractivity contribution < 1.29 is 27.8 Å². The van der Waals surface area contributed by atoms with Gasteiger partial charge in [-0.3, -0.25) is 9.67 Å². The van der Waals surface area contributed by atoms with Crippen molar-refractivity contribution in [3.05, 3.63) is 65.9 Å². The minimum atomic E-state index is -4.44. The van der Waals surface area contributed by atoms with Crippen LogP contribution < -0.4 is 10.1 Å². The van der Waals surface area contributed by atoms with Crippen molar-refractivity contribution >= 4 is 10.9 Å². The van der Waals surface area contributed by atoms with Crippen LogP contribution in [0.5, 0.6) is 5.75 Å². The molecule has 0 radical (unpaired) electrons. The SMILES string of the molecule is OCc1cc(CNCCCCOCCOc2cc(-n3cnnc3)cc3[nH]ncc23)cc(C(F)(F)F)c1. The molecule has 0 spiro atoms. The highest BCUT2D eigenvalue weighted by molar-refractivity contribution is 5.86. The van der Waals surface area contributed by atoms with Gasteiger partial charge in [0, 0.05) is 19.2 Å². The van der Waals surface area contributed by atoms with Crippen molar-refractivity contribution in [2.45, 2.75) is 32.2 Å². The molecular weight excluding hydrogens is 477 g/mol. The van der Waals surface area contributed by atoms with Crippen LogP contribution in [0, 0.1) is 0 Å². The van der Waals surface area contributed by atoms with Crippen LogP contribution in [0.4, 0.5) is 13.2 Å². The largest absolute Gasteiger partial charge is 0.490 e. The van der Waals surface area contributed by atoms with E-state index >= 15 is 0 Å². The van der Waals surface area contributed by atoms with E-state index in [0.29, 0.717) is 44.2 Å². The summed E-state index contributed by atoms with van der Waals surface area (Å²) in [6.45, 7) is 1.83. The number of hydrogen-bond donors (Lipinski definition) is 3. The summed E-state index contributed by atoms with van der Waals surface area (Å²) < 4.78 is 52.3. The molecule has 0 fully saturated rings. The molecule has 192 valence electrons. The van der Waals surface area contributed by atoms with Crippen LogP contribution >= 0.6 is 0 Å². The van der Waals surface area contributed by atoms with Gasteiger partial charge in [-0.2, -0.15) is 18.3 Å². The molecule has 0 unspecified atom stereocenters. The van der Waals surface area contributed by atoms with Crippen LogP contribution in [0.3, 0.4) is 0 Å². The Bertz CT molecular complexity index is 1240. The number of benzene rings is 2. The van der Waals surface area contributed by atoms with Gasteiger partial charge in [0.1, 0.15) is 25.0 Å². The van der Waals surface area contributed by atoms with Gasteiger partial charge in [-0.1, -0.05) is 6.07 Å². The Morgan fingerprint density at radius 2 is 1.78 bits per heavy atom. The molecule has 9 nitrogen and oxygen atoms in total. The third-order valence-electron chi connectivity index (χ3n) is 5.49. The van der Waals surface area contributed by atoms with Crippen molar-refractivity contribution in [1.29, 1.82) is 0 Å². The van der Waals surface area contributed by atoms with Gasteiger partial charge in [-0.05, 0) is 48.7 Å². The zero-order valence-corrected chi connectivity index (χ0v) is 19.5. The maximum atomic E-state index is 13.0. The number of aromatic amines is 1. The molecule has 0 saturated heterocycles. The smallest absolute Gasteiger partial charge is 0.416 e. The molecular formula is C24H27F3N6O3. The number of fused-ring (bicyclic) bond motifs is 1. The van der Waals surface area contributed by atoms with Crippen molar-refractivity contribution in [2.24, 2.45) is 0 Å². The minimum absolute atomic E-state index is 0.246. The molecule has 0 amide bonds. The van der Waals surface area contributed by atoms with Crippen molar-refractivity contribution in [1.82, 2.24) is 30.3 Å². The second kappa shape index (κ2) is 12.0. The number of nitrogens with one attached hydrogen (secondary N) is 2. The van der Waals surface area contributed by atoms with Gasteiger partial charge in [-0.25, -0.2) is 0 Å². The van der Waals surface area contributed by atoms with Gasteiger partial charge in [-0.15, -0.1) is 10.2 Å². The number of unbranched alkanes of at least 4 members (excludes halogenated alkanes) is 1. The van der Waals surface area contributed by atoms with E-state index < -0.39 is 18.3 Å². The van der Waals surface area contributed by atoms with Crippen molar-refractivity contribution in [3.63, 3.8) is 0 Å². The molecule has 0 atom stereocenters. The third kappa shape index (κ3) is 6.80. The Morgan fingerprint density at radius 3 is 2.56 bits per heavy atom. The number of alkyl halides is 3. The van der Waals surface area contributed by atoms with Crippen LogP contribution in [0.1, 0.15) is 29.5 Å². The zero-order chi connectivity index (χ0) is 25.4. The summed E-state index contributed by atoms with van der Waals surface area (Å²) in [4.78, 5) is 0. The summed E-state index contributed by atoms with van der Waals surface area (Å²) in [5.41, 5.74) is 1.67. The maximum absolute atomic E-state index is 13.0.